The molecule has 6 aromatic rings. The van der Waals surface area contributed by atoms with Gasteiger partial charge in [0.15, 0.2) is 6.29 Å². The van der Waals surface area contributed by atoms with Gasteiger partial charge in [0.1, 0.15) is 29.9 Å². The summed E-state index contributed by atoms with van der Waals surface area (Å²) >= 11 is 1.67. The van der Waals surface area contributed by atoms with Crippen molar-refractivity contribution in [2.75, 3.05) is 20.3 Å². The highest BCUT2D eigenvalue weighted by Crippen LogP contribution is 2.42. The van der Waals surface area contributed by atoms with E-state index in [0.717, 1.165) is 33.4 Å². The summed E-state index contributed by atoms with van der Waals surface area (Å²) in [5.74, 6) is 0. The minimum absolute atomic E-state index is 0.288. The lowest BCUT2D eigenvalue weighted by Gasteiger charge is -2.48. The third-order valence-electron chi connectivity index (χ3n) is 11.6. The van der Waals surface area contributed by atoms with Gasteiger partial charge in [-0.1, -0.05) is 182 Å². The Bertz CT molecular complexity index is 2190. The average Bonchev–Trinajstić information content (AvgIpc) is 3.36. The van der Waals surface area contributed by atoms with Crippen LogP contribution in [0.3, 0.4) is 0 Å². The SMILES string of the molecule is CO[C@H]1OC(COCc2ccccc2)[C@H](S[C@H]2CC(OCc3ccccc3)[C@H](OCc3ccccc3)C(COCc3ccccc3)O2)C(OCc2ccccc2)C1OCc1ccccc1. The van der Waals surface area contributed by atoms with Crippen LogP contribution in [-0.4, -0.2) is 73.9 Å². The van der Waals surface area contributed by atoms with E-state index in [4.69, 9.17) is 42.6 Å². The van der Waals surface area contributed by atoms with Gasteiger partial charge in [-0.3, -0.25) is 0 Å². The van der Waals surface area contributed by atoms with Crippen LogP contribution < -0.4 is 0 Å². The highest BCUT2D eigenvalue weighted by molar-refractivity contribution is 8.00. The Kier molecular flexibility index (Phi) is 18.2. The smallest absolute Gasteiger partial charge is 0.186 e. The summed E-state index contributed by atoms with van der Waals surface area (Å²) in [6.07, 6.45) is -2.98. The molecule has 0 amide bonds. The molecule has 9 nitrogen and oxygen atoms in total. The molecule has 2 saturated heterocycles. The lowest BCUT2D eigenvalue weighted by Crippen LogP contribution is -2.60. The van der Waals surface area contributed by atoms with Crippen molar-refractivity contribution in [3.63, 3.8) is 0 Å². The molecule has 2 aliphatic heterocycles. The number of ether oxygens (including phenoxy) is 9. The second-order valence-corrected chi connectivity index (χ2v) is 17.7. The van der Waals surface area contributed by atoms with Crippen LogP contribution in [0.2, 0.25) is 0 Å². The molecule has 340 valence electrons. The van der Waals surface area contributed by atoms with Gasteiger partial charge in [0.05, 0.1) is 70.3 Å². The summed E-state index contributed by atoms with van der Waals surface area (Å²) in [5, 5.41) is -0.325. The van der Waals surface area contributed by atoms with Crippen LogP contribution in [0.5, 0.6) is 0 Å². The molecule has 9 atom stereocenters. The van der Waals surface area contributed by atoms with Gasteiger partial charge < -0.3 is 42.6 Å². The topological polar surface area (TPSA) is 83.1 Å². The van der Waals surface area contributed by atoms with Gasteiger partial charge in [-0.05, 0) is 33.4 Å². The van der Waals surface area contributed by atoms with Crippen LogP contribution in [0.4, 0.5) is 0 Å². The first-order valence-electron chi connectivity index (χ1n) is 22.5. The van der Waals surface area contributed by atoms with Gasteiger partial charge in [0, 0.05) is 13.5 Å². The van der Waals surface area contributed by atoms with Crippen molar-refractivity contribution >= 4 is 11.8 Å². The molecular formula is C55H60O9S. The van der Waals surface area contributed by atoms with Crippen molar-refractivity contribution < 1.29 is 42.6 Å². The summed E-state index contributed by atoms with van der Waals surface area (Å²) in [5.41, 5.74) is 6.02. The second-order valence-electron chi connectivity index (χ2n) is 16.3. The maximum absolute atomic E-state index is 7.17. The van der Waals surface area contributed by atoms with E-state index >= 15 is 0 Å². The van der Waals surface area contributed by atoms with Crippen molar-refractivity contribution in [3.8, 4) is 0 Å². The van der Waals surface area contributed by atoms with Crippen LogP contribution in [-0.2, 0) is 82.3 Å². The third-order valence-corrected chi connectivity index (χ3v) is 13.1. The van der Waals surface area contributed by atoms with E-state index < -0.39 is 36.8 Å². The number of methoxy groups -OCH3 is 1. The lowest BCUT2D eigenvalue weighted by atomic mass is 10.0. The minimum Gasteiger partial charge on any atom is -0.374 e. The van der Waals surface area contributed by atoms with Crippen molar-refractivity contribution in [1.82, 2.24) is 0 Å². The fraction of sp³-hybridized carbons (Fsp3) is 0.345. The molecule has 0 N–H and O–H groups in total. The van der Waals surface area contributed by atoms with Crippen LogP contribution >= 0.6 is 11.8 Å². The summed E-state index contributed by atoms with van der Waals surface area (Å²) < 4.78 is 60.6. The zero-order valence-electron chi connectivity index (χ0n) is 37.0. The second kappa shape index (κ2) is 25.3. The average molecular weight is 897 g/mol. The Morgan fingerprint density at radius 1 is 0.415 bits per heavy atom. The van der Waals surface area contributed by atoms with E-state index in [-0.39, 0.29) is 23.4 Å². The van der Waals surface area contributed by atoms with Crippen LogP contribution in [0.1, 0.15) is 39.8 Å². The number of benzene rings is 6. The Balaban J connectivity index is 1.10. The van der Waals surface area contributed by atoms with E-state index in [9.17, 15) is 0 Å². The number of thioether (sulfide) groups is 1. The maximum atomic E-state index is 7.17. The van der Waals surface area contributed by atoms with Gasteiger partial charge in [-0.25, -0.2) is 0 Å². The predicted octanol–water partition coefficient (Wildman–Crippen LogP) is 10.3. The number of rotatable bonds is 23. The zero-order chi connectivity index (χ0) is 44.3. The van der Waals surface area contributed by atoms with E-state index in [1.807, 2.05) is 109 Å². The molecule has 0 spiro atoms. The third kappa shape index (κ3) is 14.2. The molecule has 0 aliphatic carbocycles. The standard InChI is InChI=1S/C55H60O9S/c1-56-55-53(62-38-46-30-18-7-19-31-46)52(61-37-45-28-16-6-17-29-45)54(49(64-55)40-58-34-42-22-10-3-11-23-42)65-50-32-47(59-35-43-24-12-4-13-25-43)51(60-36-44-26-14-5-15-27-44)48(63-50)39-57-33-41-20-8-2-9-21-41/h2-31,47-55H,32-40H2,1H3/t47?,48?,49?,50-,51-,52?,53?,54-,55-/m0/s1. The first kappa shape index (κ1) is 46.8. The van der Waals surface area contributed by atoms with E-state index in [0.29, 0.717) is 52.7 Å². The number of hydrogen-bond acceptors (Lipinski definition) is 10. The van der Waals surface area contributed by atoms with Crippen LogP contribution in [0.25, 0.3) is 0 Å². The summed E-state index contributed by atoms with van der Waals surface area (Å²) in [4.78, 5) is 0. The van der Waals surface area contributed by atoms with Crippen molar-refractivity contribution in [1.29, 1.82) is 0 Å². The molecule has 0 radical (unpaired) electrons. The molecular weight excluding hydrogens is 837 g/mol. The zero-order valence-corrected chi connectivity index (χ0v) is 37.8. The van der Waals surface area contributed by atoms with E-state index in [1.54, 1.807) is 18.9 Å². The molecule has 10 heteroatoms. The molecule has 8 rings (SSSR count). The van der Waals surface area contributed by atoms with E-state index in [1.165, 1.54) is 0 Å². The minimum atomic E-state index is -0.731. The molecule has 2 heterocycles. The molecule has 2 aliphatic rings. The molecule has 6 aromatic carbocycles. The van der Waals surface area contributed by atoms with Crippen molar-refractivity contribution in [2.24, 2.45) is 0 Å². The Labute approximate surface area is 388 Å². The van der Waals surface area contributed by atoms with Gasteiger partial charge in [-0.15, -0.1) is 11.8 Å². The van der Waals surface area contributed by atoms with Crippen molar-refractivity contribution in [2.45, 2.75) is 99.7 Å². The van der Waals surface area contributed by atoms with Gasteiger partial charge in [0.2, 0.25) is 0 Å². The largest absolute Gasteiger partial charge is 0.374 e. The fourth-order valence-electron chi connectivity index (χ4n) is 8.21. The normalized spacial score (nSPS) is 24.4. The molecule has 0 bridgehead atoms. The fourth-order valence-corrected chi connectivity index (χ4v) is 9.77. The highest BCUT2D eigenvalue weighted by Gasteiger charge is 2.51. The Morgan fingerprint density at radius 2 is 0.785 bits per heavy atom. The summed E-state index contributed by atoms with van der Waals surface area (Å²) in [6, 6.07) is 61.2. The molecule has 0 saturated carbocycles. The van der Waals surface area contributed by atoms with Crippen molar-refractivity contribution in [3.05, 3.63) is 215 Å². The first-order chi connectivity index (χ1) is 32.2. The Hall–Kier alpha value is -4.69. The molecule has 65 heavy (non-hydrogen) atoms. The van der Waals surface area contributed by atoms with Crippen LogP contribution in [0.15, 0.2) is 182 Å². The monoisotopic (exact) mass is 896 g/mol. The quantitative estimate of drug-likeness (QED) is 0.0620. The Morgan fingerprint density at radius 3 is 1.22 bits per heavy atom. The maximum Gasteiger partial charge on any atom is 0.186 e. The van der Waals surface area contributed by atoms with Gasteiger partial charge in [0.25, 0.3) is 0 Å². The summed E-state index contributed by atoms with van der Waals surface area (Å²) in [7, 11) is 1.65. The van der Waals surface area contributed by atoms with Crippen LogP contribution in [0, 0.1) is 0 Å². The molecule has 2 fully saturated rings. The van der Waals surface area contributed by atoms with Gasteiger partial charge in [-0.2, -0.15) is 0 Å². The molecule has 5 unspecified atom stereocenters. The first-order valence-corrected chi connectivity index (χ1v) is 23.5. The summed E-state index contributed by atoms with van der Waals surface area (Å²) in [6.45, 7) is 2.98. The lowest BCUT2D eigenvalue weighted by molar-refractivity contribution is -0.283. The number of hydrogen-bond donors (Lipinski definition) is 0. The van der Waals surface area contributed by atoms with E-state index in [2.05, 4.69) is 72.8 Å². The molecule has 0 aromatic heterocycles. The highest BCUT2D eigenvalue weighted by atomic mass is 32.2. The predicted molar refractivity (Wildman–Crippen MR) is 253 cm³/mol. The van der Waals surface area contributed by atoms with Gasteiger partial charge >= 0.3 is 0 Å².